The largest absolute Gasteiger partial charge is 0.248 e. The standard InChI is InChI=1S/C23H31NSi2/c1-16-13-17(2)15-18(14-16)20-10-9-19-21(24-20)11-12-22(25(3,4)5)23(19)26(6,7)8/h9-15H,1-8H3. The van der Waals surface area contributed by atoms with Gasteiger partial charge in [0.15, 0.2) is 0 Å². The fraction of sp³-hybridized carbons (Fsp3) is 0.348. The Morgan fingerprint density at radius 3 is 1.85 bits per heavy atom. The Kier molecular flexibility index (Phi) is 4.74. The molecule has 3 aromatic rings. The Morgan fingerprint density at radius 2 is 1.31 bits per heavy atom. The van der Waals surface area contributed by atoms with Crippen LogP contribution in [-0.2, 0) is 0 Å². The van der Waals surface area contributed by atoms with Crippen molar-refractivity contribution in [1.82, 2.24) is 4.98 Å². The molecule has 2 aromatic carbocycles. The van der Waals surface area contributed by atoms with Gasteiger partial charge in [0.25, 0.3) is 0 Å². The first-order chi connectivity index (χ1) is 12.0. The molecule has 0 N–H and O–H groups in total. The van der Waals surface area contributed by atoms with Crippen molar-refractivity contribution in [1.29, 1.82) is 0 Å². The zero-order chi connectivity index (χ0) is 19.3. The molecule has 136 valence electrons. The smallest absolute Gasteiger partial charge is 0.0783 e. The molecule has 0 aliphatic carbocycles. The molecule has 0 bridgehead atoms. The van der Waals surface area contributed by atoms with E-state index < -0.39 is 16.1 Å². The minimum absolute atomic E-state index is 1.08. The van der Waals surface area contributed by atoms with Crippen LogP contribution >= 0.6 is 0 Å². The summed E-state index contributed by atoms with van der Waals surface area (Å²) in [6, 6.07) is 15.8. The number of aromatic nitrogens is 1. The highest BCUT2D eigenvalue weighted by atomic mass is 28.3. The van der Waals surface area contributed by atoms with Gasteiger partial charge < -0.3 is 0 Å². The van der Waals surface area contributed by atoms with Crippen molar-refractivity contribution in [3.8, 4) is 11.3 Å². The third kappa shape index (κ3) is 3.69. The van der Waals surface area contributed by atoms with E-state index in [1.807, 2.05) is 0 Å². The van der Waals surface area contributed by atoms with Crippen LogP contribution < -0.4 is 10.4 Å². The van der Waals surface area contributed by atoms with Crippen LogP contribution in [0.2, 0.25) is 39.3 Å². The lowest BCUT2D eigenvalue weighted by Crippen LogP contribution is -2.56. The third-order valence-electron chi connectivity index (χ3n) is 4.95. The van der Waals surface area contributed by atoms with E-state index in [1.165, 1.54) is 22.1 Å². The second kappa shape index (κ2) is 6.47. The molecule has 26 heavy (non-hydrogen) atoms. The topological polar surface area (TPSA) is 12.9 Å². The van der Waals surface area contributed by atoms with Crippen LogP contribution in [-0.4, -0.2) is 21.1 Å². The average molecular weight is 378 g/mol. The second-order valence-corrected chi connectivity index (χ2v) is 19.7. The number of hydrogen-bond acceptors (Lipinski definition) is 1. The molecule has 0 spiro atoms. The highest BCUT2D eigenvalue weighted by Crippen LogP contribution is 2.24. The van der Waals surface area contributed by atoms with Crippen LogP contribution in [0.15, 0.2) is 42.5 Å². The molecule has 0 radical (unpaired) electrons. The zero-order valence-corrected chi connectivity index (χ0v) is 19.5. The molecule has 0 amide bonds. The lowest BCUT2D eigenvalue weighted by molar-refractivity contribution is 1.34. The number of hydrogen-bond donors (Lipinski definition) is 0. The van der Waals surface area contributed by atoms with E-state index in [1.54, 1.807) is 10.4 Å². The van der Waals surface area contributed by atoms with Gasteiger partial charge in [-0.3, -0.25) is 0 Å². The van der Waals surface area contributed by atoms with Gasteiger partial charge in [0, 0.05) is 5.56 Å². The van der Waals surface area contributed by atoms with Gasteiger partial charge in [0.05, 0.1) is 27.4 Å². The van der Waals surface area contributed by atoms with Crippen molar-refractivity contribution in [3.63, 3.8) is 0 Å². The highest BCUT2D eigenvalue weighted by Gasteiger charge is 2.29. The van der Waals surface area contributed by atoms with E-state index in [2.05, 4.69) is 95.6 Å². The lowest BCUT2D eigenvalue weighted by atomic mass is 10.0. The summed E-state index contributed by atoms with van der Waals surface area (Å²) in [5.41, 5.74) is 6.01. The monoisotopic (exact) mass is 377 g/mol. The molecule has 1 heterocycles. The first-order valence-electron chi connectivity index (χ1n) is 9.50. The minimum atomic E-state index is -1.47. The number of nitrogens with zero attached hydrogens (tertiary/aromatic N) is 1. The maximum absolute atomic E-state index is 5.06. The number of fused-ring (bicyclic) bond motifs is 1. The SMILES string of the molecule is Cc1cc(C)cc(-c2ccc3c([Si](C)(C)C)c([Si](C)(C)C)ccc3n2)c1. The quantitative estimate of drug-likeness (QED) is 0.541. The Morgan fingerprint density at radius 1 is 0.692 bits per heavy atom. The summed E-state index contributed by atoms with van der Waals surface area (Å²) < 4.78 is 0. The molecule has 1 nitrogen and oxygen atoms in total. The van der Waals surface area contributed by atoms with Crippen molar-refractivity contribution in [2.45, 2.75) is 53.1 Å². The van der Waals surface area contributed by atoms with Crippen LogP contribution in [0.3, 0.4) is 0 Å². The van der Waals surface area contributed by atoms with E-state index in [0.717, 1.165) is 11.2 Å². The van der Waals surface area contributed by atoms with Crippen LogP contribution in [0.5, 0.6) is 0 Å². The van der Waals surface area contributed by atoms with Crippen molar-refractivity contribution < 1.29 is 0 Å². The van der Waals surface area contributed by atoms with Crippen molar-refractivity contribution in [3.05, 3.63) is 53.6 Å². The predicted octanol–water partition coefficient (Wildman–Crippen LogP) is 5.61. The molecule has 0 saturated carbocycles. The van der Waals surface area contributed by atoms with Crippen LogP contribution in [0.4, 0.5) is 0 Å². The van der Waals surface area contributed by atoms with Gasteiger partial charge in [0.1, 0.15) is 0 Å². The third-order valence-corrected chi connectivity index (χ3v) is 9.27. The minimum Gasteiger partial charge on any atom is -0.248 e. The van der Waals surface area contributed by atoms with Gasteiger partial charge in [-0.25, -0.2) is 4.98 Å². The molecule has 0 aliphatic heterocycles. The van der Waals surface area contributed by atoms with Crippen molar-refractivity contribution in [2.24, 2.45) is 0 Å². The average Bonchev–Trinajstić information content (AvgIpc) is 2.50. The molecule has 0 aliphatic rings. The Balaban J connectivity index is 2.27. The fourth-order valence-electron chi connectivity index (χ4n) is 3.92. The van der Waals surface area contributed by atoms with Crippen LogP contribution in [0.25, 0.3) is 22.2 Å². The number of pyridine rings is 1. The second-order valence-electron chi connectivity index (χ2n) is 9.63. The molecule has 1 aromatic heterocycles. The van der Waals surface area contributed by atoms with E-state index in [9.17, 15) is 0 Å². The molecule has 3 heteroatoms. The predicted molar refractivity (Wildman–Crippen MR) is 123 cm³/mol. The van der Waals surface area contributed by atoms with Crippen molar-refractivity contribution in [2.75, 3.05) is 0 Å². The molecular weight excluding hydrogens is 346 g/mol. The fourth-order valence-corrected chi connectivity index (χ4v) is 9.55. The summed E-state index contributed by atoms with van der Waals surface area (Å²) in [6.45, 7) is 19.1. The molecular formula is C23H31NSi2. The molecule has 0 saturated heterocycles. The highest BCUT2D eigenvalue weighted by molar-refractivity contribution is 6.99. The van der Waals surface area contributed by atoms with Crippen LogP contribution in [0.1, 0.15) is 11.1 Å². The first kappa shape index (κ1) is 19.1. The first-order valence-corrected chi connectivity index (χ1v) is 16.5. The number of rotatable bonds is 3. The van der Waals surface area contributed by atoms with Gasteiger partial charge in [0.2, 0.25) is 0 Å². The Labute approximate surface area is 160 Å². The maximum Gasteiger partial charge on any atom is 0.0783 e. The summed E-state index contributed by atoms with van der Waals surface area (Å²) in [5, 5.41) is 4.61. The summed E-state index contributed by atoms with van der Waals surface area (Å²) in [5.74, 6) is 0. The van der Waals surface area contributed by atoms with E-state index in [-0.39, 0.29) is 0 Å². The Hall–Kier alpha value is -1.72. The summed E-state index contributed by atoms with van der Waals surface area (Å²) >= 11 is 0. The van der Waals surface area contributed by atoms with E-state index in [4.69, 9.17) is 4.98 Å². The van der Waals surface area contributed by atoms with E-state index in [0.29, 0.717) is 0 Å². The van der Waals surface area contributed by atoms with Crippen molar-refractivity contribution >= 4 is 37.4 Å². The summed E-state index contributed by atoms with van der Waals surface area (Å²) in [4.78, 5) is 5.06. The molecule has 0 fully saturated rings. The Bertz CT molecular complexity index is 956. The van der Waals surface area contributed by atoms with Gasteiger partial charge in [-0.2, -0.15) is 0 Å². The summed E-state index contributed by atoms with van der Waals surface area (Å²) in [6.07, 6.45) is 0. The van der Waals surface area contributed by atoms with E-state index >= 15 is 0 Å². The van der Waals surface area contributed by atoms with Crippen LogP contribution in [0, 0.1) is 13.8 Å². The molecule has 0 atom stereocenters. The lowest BCUT2D eigenvalue weighted by Gasteiger charge is -2.29. The zero-order valence-electron chi connectivity index (χ0n) is 17.5. The summed E-state index contributed by atoms with van der Waals surface area (Å²) in [7, 11) is -2.86. The normalized spacial score (nSPS) is 12.6. The maximum atomic E-state index is 5.06. The molecule has 3 rings (SSSR count). The van der Waals surface area contributed by atoms with Gasteiger partial charge >= 0.3 is 0 Å². The number of aryl methyl sites for hydroxylation is 2. The van der Waals surface area contributed by atoms with Gasteiger partial charge in [-0.15, -0.1) is 0 Å². The molecule has 0 unspecified atom stereocenters. The van der Waals surface area contributed by atoms with Gasteiger partial charge in [-0.1, -0.05) is 79.0 Å². The van der Waals surface area contributed by atoms with Gasteiger partial charge in [-0.05, 0) is 43.5 Å². The number of benzene rings is 2.